The second-order valence-corrected chi connectivity index (χ2v) is 5.86. The van der Waals surface area contributed by atoms with Gasteiger partial charge in [-0.05, 0) is 32.6 Å². The van der Waals surface area contributed by atoms with E-state index < -0.39 is 0 Å². The van der Waals surface area contributed by atoms with Crippen molar-refractivity contribution in [1.29, 1.82) is 0 Å². The molecule has 6 heteroatoms. The summed E-state index contributed by atoms with van der Waals surface area (Å²) in [4.78, 5) is 13.0. The lowest BCUT2D eigenvalue weighted by Gasteiger charge is -2.11. The number of H-pyrrole nitrogens is 1. The van der Waals surface area contributed by atoms with Crippen LogP contribution in [0.4, 0.5) is 11.8 Å². The van der Waals surface area contributed by atoms with Crippen molar-refractivity contribution in [2.24, 2.45) is 0 Å². The third kappa shape index (κ3) is 2.79. The summed E-state index contributed by atoms with van der Waals surface area (Å²) < 4.78 is 0. The van der Waals surface area contributed by atoms with E-state index in [1.54, 1.807) is 0 Å². The molecule has 3 aromatic rings. The fourth-order valence-corrected chi connectivity index (χ4v) is 2.89. The number of hydrogen-bond acceptors (Lipinski definition) is 5. The lowest BCUT2D eigenvalue weighted by atomic mass is 9.98. The fourth-order valence-electron chi connectivity index (χ4n) is 2.89. The second kappa shape index (κ2) is 5.79. The Balaban J connectivity index is 1.61. The van der Waals surface area contributed by atoms with Crippen LogP contribution in [0.3, 0.4) is 0 Å². The number of aromatic amines is 1. The predicted octanol–water partition coefficient (Wildman–Crippen LogP) is 3.19. The van der Waals surface area contributed by atoms with Crippen molar-refractivity contribution < 1.29 is 0 Å². The highest BCUT2D eigenvalue weighted by molar-refractivity contribution is 5.59. The first-order valence-electron chi connectivity index (χ1n) is 7.89. The van der Waals surface area contributed by atoms with Crippen LogP contribution in [0.5, 0.6) is 0 Å². The molecule has 0 aliphatic heterocycles. The van der Waals surface area contributed by atoms with Crippen LogP contribution in [0, 0.1) is 6.92 Å². The highest BCUT2D eigenvalue weighted by atomic mass is 15.2. The van der Waals surface area contributed by atoms with Crippen molar-refractivity contribution in [3.63, 3.8) is 0 Å². The molecule has 0 spiro atoms. The van der Waals surface area contributed by atoms with Crippen LogP contribution < -0.4 is 5.32 Å². The van der Waals surface area contributed by atoms with Crippen LogP contribution in [0.15, 0.2) is 30.6 Å². The van der Waals surface area contributed by atoms with Crippen LogP contribution >= 0.6 is 0 Å². The molecule has 23 heavy (non-hydrogen) atoms. The minimum Gasteiger partial charge on any atom is -0.307 e. The van der Waals surface area contributed by atoms with E-state index in [1.165, 1.54) is 36.0 Å². The Labute approximate surface area is 134 Å². The van der Waals surface area contributed by atoms with Gasteiger partial charge in [0, 0.05) is 16.8 Å². The van der Waals surface area contributed by atoms with Gasteiger partial charge < -0.3 is 5.32 Å². The van der Waals surface area contributed by atoms with E-state index in [0.717, 1.165) is 24.2 Å². The maximum absolute atomic E-state index is 4.51. The van der Waals surface area contributed by atoms with Gasteiger partial charge in [-0.3, -0.25) is 5.10 Å². The molecule has 116 valence electrons. The highest BCUT2D eigenvalue weighted by Gasteiger charge is 2.17. The Hall–Kier alpha value is -2.76. The summed E-state index contributed by atoms with van der Waals surface area (Å²) in [6.45, 7) is 2.06. The lowest BCUT2D eigenvalue weighted by molar-refractivity contribution is 0.675. The van der Waals surface area contributed by atoms with E-state index in [1.807, 2.05) is 12.1 Å². The highest BCUT2D eigenvalue weighted by Crippen LogP contribution is 2.27. The molecule has 0 bridgehead atoms. The number of benzene rings is 1. The number of anilines is 2. The second-order valence-electron chi connectivity index (χ2n) is 5.86. The molecule has 2 heterocycles. The quantitative estimate of drug-likeness (QED) is 0.777. The number of aryl methyl sites for hydroxylation is 2. The van der Waals surface area contributed by atoms with Crippen molar-refractivity contribution in [3.05, 3.63) is 47.4 Å². The Kier molecular flexibility index (Phi) is 3.49. The Morgan fingerprint density at radius 2 is 1.87 bits per heavy atom. The molecule has 0 unspecified atom stereocenters. The first-order chi connectivity index (χ1) is 11.3. The molecule has 1 aromatic carbocycles. The van der Waals surface area contributed by atoms with Gasteiger partial charge >= 0.3 is 0 Å². The molecule has 0 saturated heterocycles. The summed E-state index contributed by atoms with van der Waals surface area (Å²) in [6, 6.07) is 8.14. The van der Waals surface area contributed by atoms with Crippen molar-refractivity contribution in [2.45, 2.75) is 32.6 Å². The van der Waals surface area contributed by atoms with Gasteiger partial charge in [-0.25, -0.2) is 9.97 Å². The average Bonchev–Trinajstić information content (AvgIpc) is 2.99. The van der Waals surface area contributed by atoms with Crippen LogP contribution in [0.1, 0.15) is 29.7 Å². The topological polar surface area (TPSA) is 79.4 Å². The van der Waals surface area contributed by atoms with Crippen LogP contribution in [-0.4, -0.2) is 25.1 Å². The number of rotatable bonds is 3. The predicted molar refractivity (Wildman–Crippen MR) is 88.5 cm³/mol. The first-order valence-corrected chi connectivity index (χ1v) is 7.89. The van der Waals surface area contributed by atoms with E-state index in [0.29, 0.717) is 11.8 Å². The van der Waals surface area contributed by atoms with Crippen molar-refractivity contribution in [1.82, 2.24) is 25.1 Å². The largest absolute Gasteiger partial charge is 0.307 e. The van der Waals surface area contributed by atoms with Gasteiger partial charge in [0.05, 0.1) is 0 Å². The van der Waals surface area contributed by atoms with E-state index in [2.05, 4.69) is 49.5 Å². The Bertz CT molecular complexity index is 821. The molecule has 6 nitrogen and oxygen atoms in total. The molecule has 4 rings (SSSR count). The molecule has 0 saturated carbocycles. The summed E-state index contributed by atoms with van der Waals surface area (Å²) in [5.41, 5.74) is 4.68. The molecule has 0 fully saturated rings. The van der Waals surface area contributed by atoms with Gasteiger partial charge in [-0.2, -0.15) is 10.1 Å². The summed E-state index contributed by atoms with van der Waals surface area (Å²) in [6.07, 6.45) is 6.06. The number of nitrogens with one attached hydrogen (secondary N) is 2. The van der Waals surface area contributed by atoms with Crippen LogP contribution in [-0.2, 0) is 12.8 Å². The Morgan fingerprint density at radius 3 is 2.74 bits per heavy atom. The SMILES string of the molecule is Cc1ccc(-c2ncnc(Nc3n[nH]c4c3CCCC4)n2)cc1. The monoisotopic (exact) mass is 306 g/mol. The molecule has 0 atom stereocenters. The number of fused-ring (bicyclic) bond motifs is 1. The maximum Gasteiger partial charge on any atom is 0.231 e. The fraction of sp³-hybridized carbons (Fsp3) is 0.294. The standard InChI is InChI=1S/C17H18N6/c1-11-6-8-12(9-7-11)15-18-10-19-17(20-15)21-16-13-4-2-3-5-14(13)22-23-16/h6-10H,2-5H2,1H3,(H2,18,19,20,21,22,23). The third-order valence-electron chi connectivity index (χ3n) is 4.17. The molecular weight excluding hydrogens is 288 g/mol. The molecule has 0 amide bonds. The van der Waals surface area contributed by atoms with Crippen LogP contribution in [0.2, 0.25) is 0 Å². The van der Waals surface area contributed by atoms with E-state index in [-0.39, 0.29) is 0 Å². The summed E-state index contributed by atoms with van der Waals surface area (Å²) in [7, 11) is 0. The first kappa shape index (κ1) is 13.9. The molecule has 2 N–H and O–H groups in total. The van der Waals surface area contributed by atoms with Crippen molar-refractivity contribution >= 4 is 11.8 Å². The van der Waals surface area contributed by atoms with Crippen LogP contribution in [0.25, 0.3) is 11.4 Å². The molecule has 1 aliphatic rings. The van der Waals surface area contributed by atoms with Crippen molar-refractivity contribution in [2.75, 3.05) is 5.32 Å². The zero-order valence-electron chi connectivity index (χ0n) is 13.0. The van der Waals surface area contributed by atoms with Gasteiger partial charge in [-0.1, -0.05) is 29.8 Å². The van der Waals surface area contributed by atoms with E-state index in [4.69, 9.17) is 0 Å². The van der Waals surface area contributed by atoms with Gasteiger partial charge in [0.1, 0.15) is 6.33 Å². The normalized spacial score (nSPS) is 13.6. The van der Waals surface area contributed by atoms with Crippen molar-refractivity contribution in [3.8, 4) is 11.4 Å². The van der Waals surface area contributed by atoms with Gasteiger partial charge in [0.2, 0.25) is 5.95 Å². The van der Waals surface area contributed by atoms with Gasteiger partial charge in [0.25, 0.3) is 0 Å². The smallest absolute Gasteiger partial charge is 0.231 e. The third-order valence-corrected chi connectivity index (χ3v) is 4.17. The number of nitrogens with zero attached hydrogens (tertiary/aromatic N) is 4. The molecular formula is C17H18N6. The molecule has 1 aliphatic carbocycles. The maximum atomic E-state index is 4.51. The zero-order valence-corrected chi connectivity index (χ0v) is 13.0. The summed E-state index contributed by atoms with van der Waals surface area (Å²) in [5, 5.41) is 10.7. The van der Waals surface area contributed by atoms with Gasteiger partial charge in [-0.15, -0.1) is 0 Å². The van der Waals surface area contributed by atoms with Gasteiger partial charge in [0.15, 0.2) is 11.6 Å². The van der Waals surface area contributed by atoms with E-state index >= 15 is 0 Å². The Morgan fingerprint density at radius 1 is 1.04 bits per heavy atom. The zero-order chi connectivity index (χ0) is 15.6. The average molecular weight is 306 g/mol. The lowest BCUT2D eigenvalue weighted by Crippen LogP contribution is -2.05. The minimum atomic E-state index is 0.524. The molecule has 2 aromatic heterocycles. The summed E-state index contributed by atoms with van der Waals surface area (Å²) >= 11 is 0. The molecule has 0 radical (unpaired) electrons. The van der Waals surface area contributed by atoms with E-state index in [9.17, 15) is 0 Å². The minimum absolute atomic E-state index is 0.524. The number of aromatic nitrogens is 5. The number of hydrogen-bond donors (Lipinski definition) is 2. The summed E-state index contributed by atoms with van der Waals surface area (Å²) in [5.74, 6) is 2.02.